The van der Waals surface area contributed by atoms with Crippen LogP contribution >= 0.6 is 0 Å². The van der Waals surface area contributed by atoms with Crippen molar-refractivity contribution in [3.8, 4) is 0 Å². The lowest BCUT2D eigenvalue weighted by Crippen LogP contribution is -2.50. The van der Waals surface area contributed by atoms with E-state index in [1.54, 1.807) is 0 Å². The lowest BCUT2D eigenvalue weighted by Gasteiger charge is -2.37. The Kier molecular flexibility index (Phi) is 4.36. The van der Waals surface area contributed by atoms with Crippen molar-refractivity contribution in [3.63, 3.8) is 0 Å². The molecule has 0 spiro atoms. The van der Waals surface area contributed by atoms with E-state index in [2.05, 4.69) is 39.9 Å². The molecule has 1 amide bonds. The van der Waals surface area contributed by atoms with Crippen molar-refractivity contribution in [1.29, 1.82) is 0 Å². The van der Waals surface area contributed by atoms with E-state index in [0.717, 1.165) is 13.0 Å². The number of nitrogens with zero attached hydrogens (tertiary/aromatic N) is 1. The zero-order valence-electron chi connectivity index (χ0n) is 11.3. The number of hydrogen-bond acceptors (Lipinski definition) is 2. The maximum Gasteiger partial charge on any atom is 0.236 e. The quantitative estimate of drug-likeness (QED) is 0.781. The number of hydrogen-bond donors (Lipinski definition) is 1. The largest absolute Gasteiger partial charge is 0.339 e. The van der Waals surface area contributed by atoms with Crippen LogP contribution in [0.4, 0.5) is 0 Å². The Morgan fingerprint density at radius 1 is 1.31 bits per heavy atom. The SMILES string of the molecule is CC1CCC(C)N(C(=O)CNC(C)(C)C)C1. The van der Waals surface area contributed by atoms with Gasteiger partial charge in [0.25, 0.3) is 0 Å². The minimum Gasteiger partial charge on any atom is -0.339 e. The number of carbonyl (C=O) groups excluding carboxylic acids is 1. The molecule has 0 aromatic rings. The van der Waals surface area contributed by atoms with Gasteiger partial charge in [0.2, 0.25) is 5.91 Å². The molecule has 1 aliphatic heterocycles. The number of piperidine rings is 1. The molecule has 2 unspecified atom stereocenters. The molecule has 1 aliphatic rings. The highest BCUT2D eigenvalue weighted by molar-refractivity contribution is 5.78. The van der Waals surface area contributed by atoms with Crippen LogP contribution in [-0.4, -0.2) is 35.5 Å². The summed E-state index contributed by atoms with van der Waals surface area (Å²) in [7, 11) is 0. The van der Waals surface area contributed by atoms with Gasteiger partial charge in [-0.15, -0.1) is 0 Å². The molecule has 0 aromatic heterocycles. The van der Waals surface area contributed by atoms with Crippen molar-refractivity contribution in [2.24, 2.45) is 5.92 Å². The minimum absolute atomic E-state index is 0.0142. The second-order valence-corrected chi connectivity index (χ2v) is 6.18. The van der Waals surface area contributed by atoms with Crippen LogP contribution in [0.15, 0.2) is 0 Å². The van der Waals surface area contributed by atoms with Crippen molar-refractivity contribution in [1.82, 2.24) is 10.2 Å². The van der Waals surface area contributed by atoms with E-state index in [1.807, 2.05) is 4.90 Å². The molecule has 0 bridgehead atoms. The van der Waals surface area contributed by atoms with Gasteiger partial charge >= 0.3 is 0 Å². The average molecular weight is 226 g/mol. The topological polar surface area (TPSA) is 32.3 Å². The van der Waals surface area contributed by atoms with Crippen molar-refractivity contribution in [3.05, 3.63) is 0 Å². The molecule has 0 saturated carbocycles. The molecule has 1 heterocycles. The van der Waals surface area contributed by atoms with E-state index >= 15 is 0 Å². The molecule has 1 rings (SSSR count). The summed E-state index contributed by atoms with van der Waals surface area (Å²) < 4.78 is 0. The maximum absolute atomic E-state index is 12.1. The molecule has 0 radical (unpaired) electrons. The van der Waals surface area contributed by atoms with Crippen LogP contribution in [-0.2, 0) is 4.79 Å². The fraction of sp³-hybridized carbons (Fsp3) is 0.923. The first-order valence-corrected chi connectivity index (χ1v) is 6.34. The number of carbonyl (C=O) groups is 1. The van der Waals surface area contributed by atoms with Crippen LogP contribution in [0.3, 0.4) is 0 Å². The molecule has 16 heavy (non-hydrogen) atoms. The van der Waals surface area contributed by atoms with Crippen molar-refractivity contribution in [2.45, 2.75) is 59.0 Å². The Balaban J connectivity index is 2.46. The van der Waals surface area contributed by atoms with Gasteiger partial charge in [0.05, 0.1) is 6.54 Å². The average Bonchev–Trinajstić information content (AvgIpc) is 2.17. The smallest absolute Gasteiger partial charge is 0.236 e. The summed E-state index contributed by atoms with van der Waals surface area (Å²) in [4.78, 5) is 14.1. The van der Waals surface area contributed by atoms with Crippen LogP contribution in [0.1, 0.15) is 47.5 Å². The number of nitrogens with one attached hydrogen (secondary N) is 1. The van der Waals surface area contributed by atoms with Gasteiger partial charge < -0.3 is 10.2 Å². The van der Waals surface area contributed by atoms with Gasteiger partial charge in [-0.25, -0.2) is 0 Å². The standard InChI is InChI=1S/C13H26N2O/c1-10-6-7-11(2)15(9-10)12(16)8-14-13(3,4)5/h10-11,14H,6-9H2,1-5H3. The molecule has 1 saturated heterocycles. The zero-order chi connectivity index (χ0) is 12.3. The van der Waals surface area contributed by atoms with Crippen molar-refractivity contribution in [2.75, 3.05) is 13.1 Å². The number of amides is 1. The highest BCUT2D eigenvalue weighted by Crippen LogP contribution is 2.21. The predicted octanol–water partition coefficient (Wildman–Crippen LogP) is 2.02. The molecule has 0 aromatic carbocycles. The fourth-order valence-electron chi connectivity index (χ4n) is 2.08. The van der Waals surface area contributed by atoms with Gasteiger partial charge in [0, 0.05) is 18.1 Å². The van der Waals surface area contributed by atoms with E-state index in [0.29, 0.717) is 18.5 Å². The highest BCUT2D eigenvalue weighted by atomic mass is 16.2. The van der Waals surface area contributed by atoms with E-state index < -0.39 is 0 Å². The molecule has 94 valence electrons. The lowest BCUT2D eigenvalue weighted by molar-refractivity contribution is -0.134. The summed E-state index contributed by atoms with van der Waals surface area (Å²) in [5, 5.41) is 3.26. The summed E-state index contributed by atoms with van der Waals surface area (Å²) in [5.41, 5.74) is 0.0142. The molecule has 3 nitrogen and oxygen atoms in total. The molecule has 0 aliphatic carbocycles. The predicted molar refractivity (Wildman–Crippen MR) is 67.3 cm³/mol. The molecule has 2 atom stereocenters. The van der Waals surface area contributed by atoms with Crippen LogP contribution in [0.25, 0.3) is 0 Å². The van der Waals surface area contributed by atoms with Gasteiger partial charge in [-0.05, 0) is 46.5 Å². The monoisotopic (exact) mass is 226 g/mol. The van der Waals surface area contributed by atoms with E-state index in [4.69, 9.17) is 0 Å². The Bertz CT molecular complexity index is 245. The van der Waals surface area contributed by atoms with Gasteiger partial charge in [-0.1, -0.05) is 6.92 Å². The third-order valence-electron chi connectivity index (χ3n) is 3.21. The van der Waals surface area contributed by atoms with Crippen LogP contribution in [0, 0.1) is 5.92 Å². The highest BCUT2D eigenvalue weighted by Gasteiger charge is 2.27. The van der Waals surface area contributed by atoms with Gasteiger partial charge in [-0.2, -0.15) is 0 Å². The number of likely N-dealkylation sites (tertiary alicyclic amines) is 1. The van der Waals surface area contributed by atoms with Gasteiger partial charge in [0.15, 0.2) is 0 Å². The molecular formula is C13H26N2O. The van der Waals surface area contributed by atoms with E-state index in [9.17, 15) is 4.79 Å². The van der Waals surface area contributed by atoms with Gasteiger partial charge in [-0.3, -0.25) is 4.79 Å². The Morgan fingerprint density at radius 2 is 1.94 bits per heavy atom. The molecular weight excluding hydrogens is 200 g/mol. The Morgan fingerprint density at radius 3 is 2.50 bits per heavy atom. The second kappa shape index (κ2) is 5.17. The Hall–Kier alpha value is -0.570. The first kappa shape index (κ1) is 13.5. The summed E-state index contributed by atoms with van der Waals surface area (Å²) >= 11 is 0. The molecule has 1 N–H and O–H groups in total. The molecule has 1 fully saturated rings. The van der Waals surface area contributed by atoms with Crippen LogP contribution in [0.2, 0.25) is 0 Å². The van der Waals surface area contributed by atoms with Gasteiger partial charge in [0.1, 0.15) is 0 Å². The second-order valence-electron chi connectivity index (χ2n) is 6.18. The number of rotatable bonds is 2. The summed E-state index contributed by atoms with van der Waals surface area (Å²) in [5.74, 6) is 0.892. The Labute approximate surface area is 99.6 Å². The summed E-state index contributed by atoms with van der Waals surface area (Å²) in [6.45, 7) is 12.0. The fourth-order valence-corrected chi connectivity index (χ4v) is 2.08. The van der Waals surface area contributed by atoms with Crippen LogP contribution < -0.4 is 5.32 Å². The van der Waals surface area contributed by atoms with E-state index in [-0.39, 0.29) is 11.4 Å². The summed E-state index contributed by atoms with van der Waals surface area (Å²) in [6.07, 6.45) is 2.39. The van der Waals surface area contributed by atoms with Crippen molar-refractivity contribution >= 4 is 5.91 Å². The van der Waals surface area contributed by atoms with Crippen LogP contribution in [0.5, 0.6) is 0 Å². The molecule has 3 heteroatoms. The van der Waals surface area contributed by atoms with E-state index in [1.165, 1.54) is 6.42 Å². The zero-order valence-corrected chi connectivity index (χ0v) is 11.3. The third-order valence-corrected chi connectivity index (χ3v) is 3.21. The maximum atomic E-state index is 12.1. The normalized spacial score (nSPS) is 26.9. The third kappa shape index (κ3) is 4.12. The first-order chi connectivity index (χ1) is 7.29. The summed E-state index contributed by atoms with van der Waals surface area (Å²) in [6, 6.07) is 0.408. The first-order valence-electron chi connectivity index (χ1n) is 6.34. The minimum atomic E-state index is 0.0142. The lowest BCUT2D eigenvalue weighted by atomic mass is 9.95. The van der Waals surface area contributed by atoms with Crippen molar-refractivity contribution < 1.29 is 4.79 Å².